The van der Waals surface area contributed by atoms with Gasteiger partial charge in [0.25, 0.3) is 0 Å². The average Bonchev–Trinajstić information content (AvgIpc) is 1.35. The van der Waals surface area contributed by atoms with Crippen LogP contribution in [-0.2, 0) is 18.3 Å². The molecule has 6 heavy (non-hydrogen) atoms. The Morgan fingerprint density at radius 3 is 2.33 bits per heavy atom. The zero-order valence-corrected chi connectivity index (χ0v) is 9.20. The molecule has 0 N–H and O–H groups in total. The molecule has 0 aromatic carbocycles. The molecule has 0 aliphatic rings. The van der Waals surface area contributed by atoms with Crippen LogP contribution in [0.2, 0.25) is 0 Å². The van der Waals surface area contributed by atoms with Crippen molar-refractivity contribution in [2.75, 3.05) is 0 Å². The molecule has 1 unspecified atom stereocenters. The molecule has 0 radical (unpaired) electrons. The van der Waals surface area contributed by atoms with Gasteiger partial charge in [-0.05, 0) is 0 Å². The van der Waals surface area contributed by atoms with E-state index in [-0.39, 0.29) is 0 Å². The summed E-state index contributed by atoms with van der Waals surface area (Å²) < 4.78 is 0.993. The average molecular weight is 248 g/mol. The second-order valence-electron chi connectivity index (χ2n) is 1.39. The van der Waals surface area contributed by atoms with Gasteiger partial charge in [-0.25, -0.2) is 0 Å². The van der Waals surface area contributed by atoms with Crippen LogP contribution in [0.4, 0.5) is 0 Å². The summed E-state index contributed by atoms with van der Waals surface area (Å²) in [7, 11) is 0. The zero-order valence-electron chi connectivity index (χ0n) is 4.08. The van der Waals surface area contributed by atoms with Gasteiger partial charge in [0.05, 0.1) is 0 Å². The minimum atomic E-state index is 0.993. The zero-order chi connectivity index (χ0) is 4.99. The van der Waals surface area contributed by atoms with Crippen LogP contribution in [0.3, 0.4) is 0 Å². The summed E-state index contributed by atoms with van der Waals surface area (Å²) >= 11 is 3.95. The SMILES string of the molecule is CCC[CH]([Zn])I. The van der Waals surface area contributed by atoms with Gasteiger partial charge in [0.15, 0.2) is 0 Å². The summed E-state index contributed by atoms with van der Waals surface area (Å²) in [6.07, 6.45) is 2.77. The molecule has 0 aromatic heterocycles. The van der Waals surface area contributed by atoms with Gasteiger partial charge in [-0.15, -0.1) is 0 Å². The third kappa shape index (κ3) is 5.35. The Bertz CT molecular complexity index is 28.7. The van der Waals surface area contributed by atoms with E-state index in [0.29, 0.717) is 0 Å². The summed E-state index contributed by atoms with van der Waals surface area (Å²) in [5.41, 5.74) is 0. The maximum absolute atomic E-state index is 2.50. The molecule has 0 aliphatic carbocycles. The quantitative estimate of drug-likeness (QED) is 0.399. The topological polar surface area (TPSA) is 0 Å². The van der Waals surface area contributed by atoms with Crippen LogP contribution in [0.1, 0.15) is 19.8 Å². The fourth-order valence-electron chi connectivity index (χ4n) is 0.313. The first-order valence-electron chi connectivity index (χ1n) is 2.24. The van der Waals surface area contributed by atoms with Gasteiger partial charge in [0.1, 0.15) is 0 Å². The van der Waals surface area contributed by atoms with Gasteiger partial charge >= 0.3 is 63.2 Å². The predicted octanol–water partition coefficient (Wildman–Crippen LogP) is 2.09. The first kappa shape index (κ1) is 7.35. The molecular weight excluding hydrogens is 240 g/mol. The van der Waals surface area contributed by atoms with Gasteiger partial charge in [-0.1, -0.05) is 0 Å². The minimum absolute atomic E-state index is 0.993. The number of alkyl halides is 1. The van der Waals surface area contributed by atoms with Crippen LogP contribution in [0.15, 0.2) is 0 Å². The van der Waals surface area contributed by atoms with E-state index in [1.165, 1.54) is 31.1 Å². The Morgan fingerprint density at radius 2 is 2.33 bits per heavy atom. The molecule has 0 aromatic rings. The summed E-state index contributed by atoms with van der Waals surface area (Å²) in [4.78, 5) is 0. The molecule has 0 rings (SSSR count). The van der Waals surface area contributed by atoms with Crippen LogP contribution in [0, 0.1) is 0 Å². The first-order chi connectivity index (χ1) is 2.77. The first-order valence-corrected chi connectivity index (χ1v) is 5.20. The van der Waals surface area contributed by atoms with E-state index < -0.39 is 0 Å². The second kappa shape index (κ2) is 4.51. The summed E-state index contributed by atoms with van der Waals surface area (Å²) in [5, 5.41) is 0. The molecule has 0 spiro atoms. The van der Waals surface area contributed by atoms with E-state index in [0.717, 1.165) is 2.52 Å². The Kier molecular flexibility index (Phi) is 5.53. The fraction of sp³-hybridized carbons (Fsp3) is 1.00. The molecule has 0 heterocycles. The van der Waals surface area contributed by atoms with Gasteiger partial charge in [-0.3, -0.25) is 0 Å². The molecule has 1 atom stereocenters. The Hall–Kier alpha value is 1.35. The van der Waals surface area contributed by atoms with Crippen molar-refractivity contribution < 1.29 is 18.3 Å². The number of hydrogen-bond donors (Lipinski definition) is 0. The van der Waals surface area contributed by atoms with Crippen LogP contribution < -0.4 is 0 Å². The van der Waals surface area contributed by atoms with Crippen molar-refractivity contribution in [2.45, 2.75) is 22.3 Å². The normalized spacial score (nSPS) is 14.7. The van der Waals surface area contributed by atoms with Crippen LogP contribution >= 0.6 is 22.6 Å². The Labute approximate surface area is 62.9 Å². The maximum atomic E-state index is 2.50. The van der Waals surface area contributed by atoms with Crippen molar-refractivity contribution in [1.29, 1.82) is 0 Å². The van der Waals surface area contributed by atoms with Gasteiger partial charge in [0, 0.05) is 0 Å². The summed E-state index contributed by atoms with van der Waals surface area (Å²) in [6, 6.07) is 0. The van der Waals surface area contributed by atoms with Crippen LogP contribution in [0.5, 0.6) is 0 Å². The van der Waals surface area contributed by atoms with E-state index in [1.807, 2.05) is 0 Å². The molecule has 33 valence electrons. The molecule has 0 saturated heterocycles. The molecule has 0 amide bonds. The predicted molar refractivity (Wildman–Crippen MR) is 32.7 cm³/mol. The molecule has 0 bridgehead atoms. The van der Waals surface area contributed by atoms with E-state index in [1.54, 1.807) is 0 Å². The van der Waals surface area contributed by atoms with Crippen LogP contribution in [-0.4, -0.2) is 2.52 Å². The summed E-state index contributed by atoms with van der Waals surface area (Å²) in [6.45, 7) is 2.24. The number of halogens is 1. The standard InChI is InChI=1S/C4H8I.Zn/c1-2-3-4-5;/h4H,2-3H2,1H3;. The van der Waals surface area contributed by atoms with Crippen molar-refractivity contribution >= 4 is 22.6 Å². The van der Waals surface area contributed by atoms with Gasteiger partial charge in [-0.2, -0.15) is 0 Å². The number of hydrogen-bond acceptors (Lipinski definition) is 0. The third-order valence-corrected chi connectivity index (χ3v) is 2.08. The van der Waals surface area contributed by atoms with E-state index >= 15 is 0 Å². The van der Waals surface area contributed by atoms with Crippen molar-refractivity contribution in [3.63, 3.8) is 0 Å². The van der Waals surface area contributed by atoms with Crippen LogP contribution in [0.25, 0.3) is 0 Å². The van der Waals surface area contributed by atoms with E-state index in [9.17, 15) is 0 Å². The molecular formula is C4H8IZn. The van der Waals surface area contributed by atoms with Crippen molar-refractivity contribution in [3.05, 3.63) is 0 Å². The number of rotatable bonds is 2. The van der Waals surface area contributed by atoms with Gasteiger partial charge in [0.2, 0.25) is 0 Å². The molecule has 0 aliphatic heterocycles. The second-order valence-corrected chi connectivity index (χ2v) is 8.70. The fourth-order valence-corrected chi connectivity index (χ4v) is 1.79. The summed E-state index contributed by atoms with van der Waals surface area (Å²) in [5.74, 6) is 0. The molecule has 0 nitrogen and oxygen atoms in total. The van der Waals surface area contributed by atoms with E-state index in [4.69, 9.17) is 0 Å². The van der Waals surface area contributed by atoms with Crippen molar-refractivity contribution in [1.82, 2.24) is 0 Å². The Morgan fingerprint density at radius 1 is 1.83 bits per heavy atom. The Balaban J connectivity index is 2.63. The molecule has 2 heteroatoms. The molecule has 0 saturated carbocycles. The molecule has 0 fully saturated rings. The monoisotopic (exact) mass is 247 g/mol. The van der Waals surface area contributed by atoms with Crippen molar-refractivity contribution in [3.8, 4) is 0 Å². The van der Waals surface area contributed by atoms with E-state index in [2.05, 4.69) is 29.5 Å². The van der Waals surface area contributed by atoms with Gasteiger partial charge < -0.3 is 0 Å². The third-order valence-electron chi connectivity index (χ3n) is 0.602. The van der Waals surface area contributed by atoms with Crippen molar-refractivity contribution in [2.24, 2.45) is 0 Å².